The van der Waals surface area contributed by atoms with E-state index in [0.717, 1.165) is 11.4 Å². The molecule has 46 heavy (non-hydrogen) atoms. The Bertz CT molecular complexity index is 1610. The lowest BCUT2D eigenvalue weighted by Gasteiger charge is -2.44. The Morgan fingerprint density at radius 3 is 2.17 bits per heavy atom. The predicted molar refractivity (Wildman–Crippen MR) is 201 cm³/mol. The molecule has 1 aliphatic carbocycles. The van der Waals surface area contributed by atoms with Crippen LogP contribution in [0.25, 0.3) is 5.70 Å². The van der Waals surface area contributed by atoms with Gasteiger partial charge in [0.15, 0.2) is 0 Å². The molecular formula is C41H50N4S. The van der Waals surface area contributed by atoms with Gasteiger partial charge in [-0.25, -0.2) is 0 Å². The number of fused-ring (bicyclic) bond motifs is 4. The van der Waals surface area contributed by atoms with E-state index in [1.54, 1.807) is 17.8 Å². The third-order valence-electron chi connectivity index (χ3n) is 8.63. The molecule has 0 aromatic heterocycles. The molecule has 0 spiro atoms. The molecule has 3 aliphatic rings. The number of hydrogen-bond acceptors (Lipinski definition) is 5. The average Bonchev–Trinajstić information content (AvgIpc) is 3.61. The van der Waals surface area contributed by atoms with E-state index in [9.17, 15) is 0 Å². The van der Waals surface area contributed by atoms with Crippen LogP contribution in [0.4, 0.5) is 5.69 Å². The lowest BCUT2D eigenvalue weighted by atomic mass is 9.79. The summed E-state index contributed by atoms with van der Waals surface area (Å²) in [4.78, 5) is 3.65. The van der Waals surface area contributed by atoms with Crippen molar-refractivity contribution in [2.45, 2.75) is 69.4 Å². The highest BCUT2D eigenvalue weighted by molar-refractivity contribution is 8.00. The fraction of sp³-hybridized carbons (Fsp3) is 0.268. The zero-order valence-electron chi connectivity index (χ0n) is 28.4. The van der Waals surface area contributed by atoms with E-state index in [2.05, 4.69) is 141 Å². The van der Waals surface area contributed by atoms with Crippen LogP contribution in [0.2, 0.25) is 0 Å². The third-order valence-corrected chi connectivity index (χ3v) is 9.86. The summed E-state index contributed by atoms with van der Waals surface area (Å²) in [5, 5.41) is 7.57. The molecule has 4 N–H and O–H groups in total. The molecule has 3 aromatic carbocycles. The lowest BCUT2D eigenvalue weighted by Crippen LogP contribution is -2.50. The zero-order chi connectivity index (χ0) is 33.3. The Balaban J connectivity index is 0.000000474. The molecule has 240 valence electrons. The van der Waals surface area contributed by atoms with Crippen LogP contribution in [-0.4, -0.2) is 23.5 Å². The Kier molecular flexibility index (Phi) is 12.0. The van der Waals surface area contributed by atoms with Crippen molar-refractivity contribution in [3.05, 3.63) is 162 Å². The number of nitrogens with one attached hydrogen (secondary N) is 2. The van der Waals surface area contributed by atoms with Crippen molar-refractivity contribution in [2.24, 2.45) is 5.73 Å². The second kappa shape index (κ2) is 15.9. The van der Waals surface area contributed by atoms with E-state index in [1.807, 2.05) is 45.1 Å². The van der Waals surface area contributed by atoms with Gasteiger partial charge in [0.25, 0.3) is 0 Å². The minimum atomic E-state index is -0.0685. The number of likely N-dealkylation sites (N-methyl/N-ethyl adjacent to an activating group) is 1. The SMILES string of the molecule is C/C(=C\C=C(/N)C1Nc2ccccc2S1)C1NC2C(=C(c3ccccc3)N1C)C(C)(C)c1ccccc12.C/C=C\C.C=C/C=C\C. The number of para-hydroxylation sites is 1. The van der Waals surface area contributed by atoms with Crippen LogP contribution >= 0.6 is 11.8 Å². The van der Waals surface area contributed by atoms with E-state index in [4.69, 9.17) is 5.73 Å². The number of allylic oxidation sites excluding steroid dienone is 7. The van der Waals surface area contributed by atoms with E-state index in [1.165, 1.54) is 38.4 Å². The fourth-order valence-electron chi connectivity index (χ4n) is 6.25. The molecule has 2 heterocycles. The van der Waals surface area contributed by atoms with Crippen molar-refractivity contribution in [1.82, 2.24) is 10.2 Å². The molecule has 0 fully saturated rings. The van der Waals surface area contributed by atoms with Crippen molar-refractivity contribution in [3.8, 4) is 0 Å². The van der Waals surface area contributed by atoms with E-state index >= 15 is 0 Å². The smallest absolute Gasteiger partial charge is 0.117 e. The summed E-state index contributed by atoms with van der Waals surface area (Å²) in [6.45, 7) is 16.3. The number of nitrogens with two attached hydrogens (primary N) is 1. The second-order valence-corrected chi connectivity index (χ2v) is 13.2. The summed E-state index contributed by atoms with van der Waals surface area (Å²) in [6.07, 6.45) is 13.9. The van der Waals surface area contributed by atoms with Gasteiger partial charge in [0.1, 0.15) is 11.5 Å². The van der Waals surface area contributed by atoms with Gasteiger partial charge in [-0.2, -0.15) is 0 Å². The second-order valence-electron chi connectivity index (χ2n) is 12.1. The Hall–Kier alpha value is -4.19. The van der Waals surface area contributed by atoms with Gasteiger partial charge in [0.05, 0.1) is 6.04 Å². The van der Waals surface area contributed by atoms with Gasteiger partial charge in [0.2, 0.25) is 0 Å². The summed E-state index contributed by atoms with van der Waals surface area (Å²) in [6, 6.07) is 28.2. The molecule has 2 aliphatic heterocycles. The summed E-state index contributed by atoms with van der Waals surface area (Å²) in [5.74, 6) is 0. The lowest BCUT2D eigenvalue weighted by molar-refractivity contribution is 0.281. The molecule has 0 amide bonds. The topological polar surface area (TPSA) is 53.3 Å². The van der Waals surface area contributed by atoms with Crippen molar-refractivity contribution in [2.75, 3.05) is 12.4 Å². The first-order valence-corrected chi connectivity index (χ1v) is 16.9. The van der Waals surface area contributed by atoms with Crippen molar-refractivity contribution >= 4 is 23.1 Å². The number of anilines is 1. The van der Waals surface area contributed by atoms with Gasteiger partial charge in [-0.3, -0.25) is 5.32 Å². The van der Waals surface area contributed by atoms with Gasteiger partial charge < -0.3 is 16.0 Å². The average molecular weight is 631 g/mol. The van der Waals surface area contributed by atoms with Crippen LogP contribution in [0, 0.1) is 0 Å². The molecular weight excluding hydrogens is 581 g/mol. The molecule has 6 rings (SSSR count). The van der Waals surface area contributed by atoms with Crippen LogP contribution < -0.4 is 16.4 Å². The summed E-state index contributed by atoms with van der Waals surface area (Å²) in [7, 11) is 2.21. The van der Waals surface area contributed by atoms with Crippen molar-refractivity contribution < 1.29 is 0 Å². The van der Waals surface area contributed by atoms with E-state index in [-0.39, 0.29) is 23.0 Å². The quantitative estimate of drug-likeness (QED) is 0.194. The number of rotatable bonds is 5. The highest BCUT2D eigenvalue weighted by Crippen LogP contribution is 2.54. The Labute approximate surface area is 281 Å². The standard InChI is InChI=1S/C32H34N4S.C5H8.C4H8/c1-20(18-19-24(33)31-34-25-16-10-11-17-26(25)37-31)30-35-28-22-14-8-9-15-23(22)32(2,3)27(28)29(36(30)4)21-12-6-5-7-13-21;1-3-5-4-2;1-3-4-2/h5-19,28,30-31,34-35H,33H2,1-4H3;3-5H,1H2,2H3;3-4H,1-2H3/b20-18+,24-19-;5-4-;4-3-. The number of thioether (sulfide) groups is 1. The van der Waals surface area contributed by atoms with Crippen LogP contribution in [0.5, 0.6) is 0 Å². The molecule has 0 bridgehead atoms. The van der Waals surface area contributed by atoms with Gasteiger partial charge in [0, 0.05) is 34.4 Å². The molecule has 3 atom stereocenters. The monoisotopic (exact) mass is 630 g/mol. The van der Waals surface area contributed by atoms with Crippen LogP contribution in [0.1, 0.15) is 64.3 Å². The molecule has 0 saturated heterocycles. The van der Waals surface area contributed by atoms with Gasteiger partial charge in [-0.1, -0.05) is 135 Å². The molecule has 5 heteroatoms. The first kappa shape index (κ1) is 34.7. The summed E-state index contributed by atoms with van der Waals surface area (Å²) >= 11 is 1.77. The van der Waals surface area contributed by atoms with Crippen LogP contribution in [0.15, 0.2) is 150 Å². The first-order chi connectivity index (χ1) is 22.2. The number of benzene rings is 3. The van der Waals surface area contributed by atoms with E-state index < -0.39 is 0 Å². The largest absolute Gasteiger partial charge is 0.400 e. The molecule has 3 unspecified atom stereocenters. The third kappa shape index (κ3) is 7.43. The van der Waals surface area contributed by atoms with Gasteiger partial charge >= 0.3 is 0 Å². The highest BCUT2D eigenvalue weighted by Gasteiger charge is 2.48. The number of nitrogens with zero attached hydrogens (tertiary/aromatic N) is 1. The maximum absolute atomic E-state index is 6.56. The molecule has 4 nitrogen and oxygen atoms in total. The molecule has 0 radical (unpaired) electrons. The maximum Gasteiger partial charge on any atom is 0.117 e. The Morgan fingerprint density at radius 2 is 1.54 bits per heavy atom. The summed E-state index contributed by atoms with van der Waals surface area (Å²) < 4.78 is 0. The molecule has 0 saturated carbocycles. The number of hydrogen-bond donors (Lipinski definition) is 3. The maximum atomic E-state index is 6.56. The first-order valence-electron chi connectivity index (χ1n) is 16.0. The van der Waals surface area contributed by atoms with Gasteiger partial charge in [-0.05, 0) is 73.7 Å². The van der Waals surface area contributed by atoms with Crippen LogP contribution in [0.3, 0.4) is 0 Å². The normalized spacial score (nSPS) is 21.5. The Morgan fingerprint density at radius 1 is 0.891 bits per heavy atom. The fourth-order valence-corrected chi connectivity index (χ4v) is 7.31. The molecule has 3 aromatic rings. The highest BCUT2D eigenvalue weighted by atomic mass is 32.2. The minimum Gasteiger partial charge on any atom is -0.400 e. The zero-order valence-corrected chi connectivity index (χ0v) is 29.2. The van der Waals surface area contributed by atoms with Crippen molar-refractivity contribution in [1.29, 1.82) is 0 Å². The van der Waals surface area contributed by atoms with Crippen molar-refractivity contribution in [3.63, 3.8) is 0 Å². The predicted octanol–water partition coefficient (Wildman–Crippen LogP) is 9.95. The van der Waals surface area contributed by atoms with Gasteiger partial charge in [-0.15, -0.1) is 0 Å². The summed E-state index contributed by atoms with van der Waals surface area (Å²) in [5.41, 5.74) is 16.5. The van der Waals surface area contributed by atoms with Crippen LogP contribution in [-0.2, 0) is 5.41 Å². The minimum absolute atomic E-state index is 0.0383. The van der Waals surface area contributed by atoms with E-state index in [0.29, 0.717) is 0 Å².